The standard InChI is InChI=1S/C25H48O4/c1-19(2)11-8-13-21(4)15-10-17-22(5)16-9-14-20(3)12-6-7-18-23(26)24(27)25(28)29/h12,19,21-24,26-27H,6-11,13-18H2,1-5H3,(H,28,29). The highest BCUT2D eigenvalue weighted by Crippen LogP contribution is 2.22. The molecule has 0 rings (SSSR count). The van der Waals surface area contributed by atoms with E-state index in [1.807, 2.05) is 0 Å². The number of hydrogen-bond donors (Lipinski definition) is 3. The summed E-state index contributed by atoms with van der Waals surface area (Å²) in [5, 5.41) is 27.5. The van der Waals surface area contributed by atoms with Gasteiger partial charge in [0.05, 0.1) is 6.10 Å². The first-order valence-electron chi connectivity index (χ1n) is 11.9. The largest absolute Gasteiger partial charge is 0.479 e. The summed E-state index contributed by atoms with van der Waals surface area (Å²) < 4.78 is 0. The Bertz CT molecular complexity index is 444. The van der Waals surface area contributed by atoms with E-state index in [4.69, 9.17) is 5.11 Å². The Balaban J connectivity index is 3.75. The fraction of sp³-hybridized carbons (Fsp3) is 0.880. The van der Waals surface area contributed by atoms with Crippen molar-refractivity contribution in [3.05, 3.63) is 11.6 Å². The molecule has 0 aromatic carbocycles. The van der Waals surface area contributed by atoms with Crippen LogP contribution >= 0.6 is 0 Å². The summed E-state index contributed by atoms with van der Waals surface area (Å²) >= 11 is 0. The monoisotopic (exact) mass is 412 g/mol. The number of aliphatic hydroxyl groups excluding tert-OH is 2. The quantitative estimate of drug-likeness (QED) is 0.181. The van der Waals surface area contributed by atoms with Crippen LogP contribution in [-0.2, 0) is 4.79 Å². The second kappa shape index (κ2) is 16.9. The van der Waals surface area contributed by atoms with E-state index in [0.717, 1.165) is 30.6 Å². The Hall–Kier alpha value is -0.870. The fourth-order valence-corrected chi connectivity index (χ4v) is 3.81. The molecule has 0 aromatic heterocycles. The van der Waals surface area contributed by atoms with E-state index in [9.17, 15) is 15.0 Å². The van der Waals surface area contributed by atoms with E-state index < -0.39 is 18.2 Å². The van der Waals surface area contributed by atoms with Gasteiger partial charge < -0.3 is 15.3 Å². The average molecular weight is 413 g/mol. The fourth-order valence-electron chi connectivity index (χ4n) is 3.81. The molecule has 0 aliphatic carbocycles. The van der Waals surface area contributed by atoms with Crippen LogP contribution in [0.1, 0.15) is 112 Å². The Labute approximate surface area is 179 Å². The Morgan fingerprint density at radius 1 is 0.793 bits per heavy atom. The SMILES string of the molecule is CC(=CCCCC(O)C(O)C(=O)O)CCCC(C)CCCC(C)CCCC(C)C. The zero-order valence-corrected chi connectivity index (χ0v) is 19.7. The smallest absolute Gasteiger partial charge is 0.335 e. The van der Waals surface area contributed by atoms with Crippen LogP contribution in [0.25, 0.3) is 0 Å². The molecular formula is C25H48O4. The minimum absolute atomic E-state index is 0.310. The molecule has 172 valence electrons. The van der Waals surface area contributed by atoms with Crippen molar-refractivity contribution in [1.29, 1.82) is 0 Å². The first kappa shape index (κ1) is 28.1. The molecule has 0 spiro atoms. The van der Waals surface area contributed by atoms with Crippen molar-refractivity contribution in [2.75, 3.05) is 0 Å². The van der Waals surface area contributed by atoms with Crippen LogP contribution in [0.2, 0.25) is 0 Å². The van der Waals surface area contributed by atoms with Crippen LogP contribution in [0.3, 0.4) is 0 Å². The van der Waals surface area contributed by atoms with E-state index >= 15 is 0 Å². The lowest BCUT2D eigenvalue weighted by molar-refractivity contribution is -0.153. The molecule has 0 fully saturated rings. The molecule has 3 N–H and O–H groups in total. The lowest BCUT2D eigenvalue weighted by Gasteiger charge is -2.15. The summed E-state index contributed by atoms with van der Waals surface area (Å²) in [6.45, 7) is 11.5. The van der Waals surface area contributed by atoms with Crippen LogP contribution in [0.4, 0.5) is 0 Å². The number of carboxylic acids is 1. The summed E-state index contributed by atoms with van der Waals surface area (Å²) in [6.07, 6.45) is 12.9. The predicted molar refractivity (Wildman–Crippen MR) is 122 cm³/mol. The molecule has 0 heterocycles. The maximum atomic E-state index is 10.6. The van der Waals surface area contributed by atoms with Crippen LogP contribution < -0.4 is 0 Å². The van der Waals surface area contributed by atoms with Gasteiger partial charge in [-0.15, -0.1) is 0 Å². The summed E-state index contributed by atoms with van der Waals surface area (Å²) in [5.74, 6) is 1.12. The van der Waals surface area contributed by atoms with Gasteiger partial charge in [0.2, 0.25) is 0 Å². The van der Waals surface area contributed by atoms with Gasteiger partial charge in [-0.2, -0.15) is 0 Å². The molecule has 4 nitrogen and oxygen atoms in total. The van der Waals surface area contributed by atoms with E-state index in [2.05, 4.69) is 40.7 Å². The minimum atomic E-state index is -1.68. The minimum Gasteiger partial charge on any atom is -0.479 e. The number of unbranched alkanes of at least 4 members (excludes halogenated alkanes) is 1. The molecule has 0 saturated carbocycles. The number of aliphatic hydroxyl groups is 2. The van der Waals surface area contributed by atoms with Crippen molar-refractivity contribution < 1.29 is 20.1 Å². The number of carbonyl (C=O) groups is 1. The summed E-state index contributed by atoms with van der Waals surface area (Å²) in [5.41, 5.74) is 1.37. The molecule has 0 radical (unpaired) electrons. The molecule has 0 aliphatic rings. The van der Waals surface area contributed by atoms with Gasteiger partial charge in [-0.05, 0) is 56.8 Å². The van der Waals surface area contributed by atoms with Crippen molar-refractivity contribution in [3.63, 3.8) is 0 Å². The average Bonchev–Trinajstić information content (AvgIpc) is 2.64. The molecule has 0 aliphatic heterocycles. The van der Waals surface area contributed by atoms with Gasteiger partial charge in [0, 0.05) is 0 Å². The van der Waals surface area contributed by atoms with Gasteiger partial charge in [-0.25, -0.2) is 4.79 Å². The topological polar surface area (TPSA) is 77.8 Å². The third-order valence-corrected chi connectivity index (χ3v) is 5.95. The summed E-state index contributed by atoms with van der Waals surface area (Å²) in [4.78, 5) is 10.6. The lowest BCUT2D eigenvalue weighted by atomic mass is 9.91. The van der Waals surface area contributed by atoms with Gasteiger partial charge in [-0.1, -0.05) is 84.3 Å². The highest BCUT2D eigenvalue weighted by atomic mass is 16.4. The van der Waals surface area contributed by atoms with E-state index in [-0.39, 0.29) is 0 Å². The van der Waals surface area contributed by atoms with Gasteiger partial charge in [-0.3, -0.25) is 0 Å². The highest BCUT2D eigenvalue weighted by molar-refractivity contribution is 5.72. The van der Waals surface area contributed by atoms with Crippen molar-refractivity contribution in [2.45, 2.75) is 124 Å². The van der Waals surface area contributed by atoms with Gasteiger partial charge in [0.15, 0.2) is 6.10 Å². The van der Waals surface area contributed by atoms with Crippen molar-refractivity contribution in [3.8, 4) is 0 Å². The highest BCUT2D eigenvalue weighted by Gasteiger charge is 2.22. The first-order chi connectivity index (χ1) is 13.6. The molecule has 4 heteroatoms. The van der Waals surface area contributed by atoms with Crippen LogP contribution in [0.15, 0.2) is 11.6 Å². The van der Waals surface area contributed by atoms with Crippen molar-refractivity contribution in [2.24, 2.45) is 17.8 Å². The van der Waals surface area contributed by atoms with Crippen molar-refractivity contribution in [1.82, 2.24) is 0 Å². The number of allylic oxidation sites excluding steroid dienone is 2. The third-order valence-electron chi connectivity index (χ3n) is 5.95. The van der Waals surface area contributed by atoms with Gasteiger partial charge in [0.1, 0.15) is 0 Å². The number of hydrogen-bond acceptors (Lipinski definition) is 3. The van der Waals surface area contributed by atoms with Gasteiger partial charge in [0.25, 0.3) is 0 Å². The van der Waals surface area contributed by atoms with Crippen molar-refractivity contribution >= 4 is 5.97 Å². The Morgan fingerprint density at radius 2 is 1.31 bits per heavy atom. The number of carboxylic acid groups (broad SMARTS) is 1. The summed E-state index contributed by atoms with van der Waals surface area (Å²) in [6, 6.07) is 0. The number of aliphatic carboxylic acids is 1. The molecule has 4 unspecified atom stereocenters. The Morgan fingerprint density at radius 3 is 1.83 bits per heavy atom. The van der Waals surface area contributed by atoms with E-state index in [1.54, 1.807) is 0 Å². The first-order valence-corrected chi connectivity index (χ1v) is 11.9. The second-order valence-electron chi connectivity index (χ2n) is 9.69. The van der Waals surface area contributed by atoms with Crippen LogP contribution in [0, 0.1) is 17.8 Å². The molecular weight excluding hydrogens is 364 g/mol. The van der Waals surface area contributed by atoms with Crippen LogP contribution in [0.5, 0.6) is 0 Å². The molecule has 0 amide bonds. The zero-order chi connectivity index (χ0) is 22.2. The molecule has 0 aromatic rings. The molecule has 4 atom stereocenters. The zero-order valence-electron chi connectivity index (χ0n) is 19.7. The van der Waals surface area contributed by atoms with Crippen LogP contribution in [-0.4, -0.2) is 33.5 Å². The number of rotatable bonds is 18. The Kier molecular flexibility index (Phi) is 16.4. The predicted octanol–water partition coefficient (Wildman–Crippen LogP) is 6.35. The second-order valence-corrected chi connectivity index (χ2v) is 9.69. The van der Waals surface area contributed by atoms with E-state index in [0.29, 0.717) is 12.8 Å². The summed E-state index contributed by atoms with van der Waals surface area (Å²) in [7, 11) is 0. The molecule has 0 bridgehead atoms. The molecule has 29 heavy (non-hydrogen) atoms. The lowest BCUT2D eigenvalue weighted by Crippen LogP contribution is -2.33. The molecule has 0 saturated heterocycles. The van der Waals surface area contributed by atoms with E-state index in [1.165, 1.54) is 56.9 Å². The maximum absolute atomic E-state index is 10.6. The maximum Gasteiger partial charge on any atom is 0.335 e. The third kappa shape index (κ3) is 16.6. The van der Waals surface area contributed by atoms with Gasteiger partial charge >= 0.3 is 5.97 Å². The normalized spacial score (nSPS) is 16.6.